The van der Waals surface area contributed by atoms with Crippen molar-refractivity contribution >= 4 is 11.3 Å². The maximum absolute atomic E-state index is 5.08. The monoisotopic (exact) mass is 291 g/mol. The Morgan fingerprint density at radius 2 is 2.20 bits per heavy atom. The second kappa shape index (κ2) is 7.36. The van der Waals surface area contributed by atoms with Crippen molar-refractivity contribution in [2.75, 3.05) is 13.7 Å². The topological polar surface area (TPSA) is 47.0 Å². The van der Waals surface area contributed by atoms with Gasteiger partial charge in [0.1, 0.15) is 0 Å². The zero-order valence-electron chi connectivity index (χ0n) is 12.2. The third-order valence-electron chi connectivity index (χ3n) is 3.07. The number of nitrogens with zero attached hydrogens (tertiary/aromatic N) is 2. The van der Waals surface area contributed by atoms with Crippen LogP contribution in [0, 0.1) is 6.92 Å². The average Bonchev–Trinajstić information content (AvgIpc) is 2.85. The molecule has 2 heterocycles. The van der Waals surface area contributed by atoms with E-state index in [-0.39, 0.29) is 0 Å². The van der Waals surface area contributed by atoms with Gasteiger partial charge in [0.2, 0.25) is 5.88 Å². The van der Waals surface area contributed by atoms with Crippen LogP contribution in [0.2, 0.25) is 0 Å². The summed E-state index contributed by atoms with van der Waals surface area (Å²) in [4.78, 5) is 8.80. The lowest BCUT2D eigenvalue weighted by molar-refractivity contribution is 0.397. The summed E-state index contributed by atoms with van der Waals surface area (Å²) in [6.45, 7) is 5.13. The van der Waals surface area contributed by atoms with Crippen LogP contribution in [-0.4, -0.2) is 29.7 Å². The minimum atomic E-state index is 0.390. The fourth-order valence-corrected chi connectivity index (χ4v) is 3.00. The molecule has 1 N–H and O–H groups in total. The molecular weight excluding hydrogens is 270 g/mol. The summed E-state index contributed by atoms with van der Waals surface area (Å²) in [5.74, 6) is 0.657. The number of aromatic nitrogens is 2. The van der Waals surface area contributed by atoms with E-state index in [9.17, 15) is 0 Å². The largest absolute Gasteiger partial charge is 0.481 e. The van der Waals surface area contributed by atoms with Gasteiger partial charge in [0.15, 0.2) is 0 Å². The molecule has 2 aromatic rings. The highest BCUT2D eigenvalue weighted by molar-refractivity contribution is 7.09. The molecule has 0 spiro atoms. The van der Waals surface area contributed by atoms with E-state index in [1.807, 2.05) is 19.2 Å². The van der Waals surface area contributed by atoms with Gasteiger partial charge in [-0.1, -0.05) is 13.0 Å². The highest BCUT2D eigenvalue weighted by Crippen LogP contribution is 2.14. The van der Waals surface area contributed by atoms with Crippen LogP contribution >= 0.6 is 11.3 Å². The SMILES string of the molecule is CCNC(Cc1ccc(OC)nc1)Cc1nc(C)cs1. The minimum Gasteiger partial charge on any atom is -0.481 e. The van der Waals surface area contributed by atoms with Gasteiger partial charge in [0.05, 0.1) is 12.1 Å². The van der Waals surface area contributed by atoms with Crippen LogP contribution in [0.1, 0.15) is 23.2 Å². The standard InChI is InChI=1S/C15H21N3OS/c1-4-16-13(8-15-18-11(2)10-20-15)7-12-5-6-14(19-3)17-9-12/h5-6,9-10,13,16H,4,7-8H2,1-3H3. The van der Waals surface area contributed by atoms with Crippen LogP contribution in [0.25, 0.3) is 0 Å². The Kier molecular flexibility index (Phi) is 5.49. The van der Waals surface area contributed by atoms with Crippen LogP contribution in [0.3, 0.4) is 0 Å². The first-order valence-electron chi connectivity index (χ1n) is 6.84. The Morgan fingerprint density at radius 1 is 1.35 bits per heavy atom. The van der Waals surface area contributed by atoms with Crippen molar-refractivity contribution in [2.24, 2.45) is 0 Å². The van der Waals surface area contributed by atoms with Crippen LogP contribution in [0.5, 0.6) is 5.88 Å². The van der Waals surface area contributed by atoms with E-state index in [1.54, 1.807) is 18.4 Å². The quantitative estimate of drug-likeness (QED) is 0.852. The summed E-state index contributed by atoms with van der Waals surface area (Å²) < 4.78 is 5.08. The van der Waals surface area contributed by atoms with Gasteiger partial charge in [-0.05, 0) is 25.5 Å². The lowest BCUT2D eigenvalue weighted by atomic mass is 10.1. The molecule has 2 aromatic heterocycles. The molecule has 0 saturated carbocycles. The Hall–Kier alpha value is -1.46. The maximum Gasteiger partial charge on any atom is 0.212 e. The molecule has 20 heavy (non-hydrogen) atoms. The van der Waals surface area contributed by atoms with Crippen molar-refractivity contribution in [3.05, 3.63) is 40.0 Å². The third kappa shape index (κ3) is 4.28. The summed E-state index contributed by atoms with van der Waals surface area (Å²) in [5, 5.41) is 6.82. The molecule has 2 rings (SSSR count). The normalized spacial score (nSPS) is 12.3. The summed E-state index contributed by atoms with van der Waals surface area (Å²) in [6, 6.07) is 4.37. The highest BCUT2D eigenvalue weighted by atomic mass is 32.1. The number of nitrogens with one attached hydrogen (secondary N) is 1. The van der Waals surface area contributed by atoms with Crippen molar-refractivity contribution in [3.63, 3.8) is 0 Å². The third-order valence-corrected chi connectivity index (χ3v) is 4.06. The van der Waals surface area contributed by atoms with Gasteiger partial charge in [-0.3, -0.25) is 0 Å². The van der Waals surface area contributed by atoms with Crippen molar-refractivity contribution in [1.82, 2.24) is 15.3 Å². The van der Waals surface area contributed by atoms with E-state index in [1.165, 1.54) is 10.6 Å². The van der Waals surface area contributed by atoms with Gasteiger partial charge in [0, 0.05) is 35.8 Å². The van der Waals surface area contributed by atoms with E-state index in [0.717, 1.165) is 25.1 Å². The Balaban J connectivity index is 2.00. The highest BCUT2D eigenvalue weighted by Gasteiger charge is 2.12. The number of ether oxygens (including phenoxy) is 1. The van der Waals surface area contributed by atoms with Crippen molar-refractivity contribution in [1.29, 1.82) is 0 Å². The van der Waals surface area contributed by atoms with Crippen LogP contribution in [0.4, 0.5) is 0 Å². The van der Waals surface area contributed by atoms with Crippen molar-refractivity contribution < 1.29 is 4.74 Å². The Bertz CT molecular complexity index is 524. The molecule has 0 aliphatic heterocycles. The lowest BCUT2D eigenvalue weighted by Crippen LogP contribution is -2.33. The number of hydrogen-bond donors (Lipinski definition) is 1. The number of likely N-dealkylation sites (N-methyl/N-ethyl adjacent to an activating group) is 1. The predicted molar refractivity (Wildman–Crippen MR) is 82.5 cm³/mol. The van der Waals surface area contributed by atoms with Gasteiger partial charge >= 0.3 is 0 Å². The number of thiazole rings is 1. The van der Waals surface area contributed by atoms with E-state index in [2.05, 4.69) is 33.7 Å². The van der Waals surface area contributed by atoms with E-state index < -0.39 is 0 Å². The number of pyridine rings is 1. The zero-order chi connectivity index (χ0) is 14.4. The average molecular weight is 291 g/mol. The van der Waals surface area contributed by atoms with Crippen molar-refractivity contribution in [3.8, 4) is 5.88 Å². The van der Waals surface area contributed by atoms with Crippen LogP contribution < -0.4 is 10.1 Å². The first kappa shape index (κ1) is 14.9. The summed E-state index contributed by atoms with van der Waals surface area (Å²) >= 11 is 1.73. The molecule has 0 fully saturated rings. The minimum absolute atomic E-state index is 0.390. The number of rotatable bonds is 7. The van der Waals surface area contributed by atoms with Gasteiger partial charge in [-0.15, -0.1) is 11.3 Å². The molecule has 0 saturated heterocycles. The fourth-order valence-electron chi connectivity index (χ4n) is 2.15. The second-order valence-corrected chi connectivity index (χ2v) is 5.70. The van der Waals surface area contributed by atoms with E-state index in [4.69, 9.17) is 4.74 Å². The molecule has 0 aromatic carbocycles. The summed E-state index contributed by atoms with van der Waals surface area (Å²) in [7, 11) is 1.63. The molecule has 0 aliphatic rings. The van der Waals surface area contributed by atoms with Gasteiger partial charge in [-0.2, -0.15) is 0 Å². The van der Waals surface area contributed by atoms with Crippen molar-refractivity contribution in [2.45, 2.75) is 32.7 Å². The summed E-state index contributed by atoms with van der Waals surface area (Å²) in [5.41, 5.74) is 2.32. The molecule has 1 atom stereocenters. The maximum atomic E-state index is 5.08. The predicted octanol–water partition coefficient (Wildman–Crippen LogP) is 2.62. The van der Waals surface area contributed by atoms with Gasteiger partial charge < -0.3 is 10.1 Å². The van der Waals surface area contributed by atoms with E-state index >= 15 is 0 Å². The Morgan fingerprint density at radius 3 is 2.75 bits per heavy atom. The van der Waals surface area contributed by atoms with Gasteiger partial charge in [0.25, 0.3) is 0 Å². The first-order valence-corrected chi connectivity index (χ1v) is 7.72. The second-order valence-electron chi connectivity index (χ2n) is 4.75. The number of methoxy groups -OCH3 is 1. The first-order chi connectivity index (χ1) is 9.71. The van der Waals surface area contributed by atoms with E-state index in [0.29, 0.717) is 11.9 Å². The smallest absolute Gasteiger partial charge is 0.212 e. The van der Waals surface area contributed by atoms with Gasteiger partial charge in [-0.25, -0.2) is 9.97 Å². The molecule has 0 amide bonds. The zero-order valence-corrected chi connectivity index (χ0v) is 13.0. The summed E-state index contributed by atoms with van der Waals surface area (Å²) in [6.07, 6.45) is 3.79. The van der Waals surface area contributed by atoms with Crippen LogP contribution in [0.15, 0.2) is 23.7 Å². The molecule has 5 heteroatoms. The number of hydrogen-bond acceptors (Lipinski definition) is 5. The lowest BCUT2D eigenvalue weighted by Gasteiger charge is -2.16. The molecule has 4 nitrogen and oxygen atoms in total. The Labute approximate surface area is 124 Å². The molecule has 0 radical (unpaired) electrons. The molecule has 108 valence electrons. The number of aryl methyl sites for hydroxylation is 1. The molecule has 0 bridgehead atoms. The fraction of sp³-hybridized carbons (Fsp3) is 0.467. The molecular formula is C15H21N3OS. The van der Waals surface area contributed by atoms with Crippen LogP contribution in [-0.2, 0) is 12.8 Å². The molecule has 0 aliphatic carbocycles. The molecule has 1 unspecified atom stereocenters.